The van der Waals surface area contributed by atoms with Crippen LogP contribution in [0.15, 0.2) is 24.3 Å². The fourth-order valence-electron chi connectivity index (χ4n) is 2.83. The molecular weight excluding hydrogens is 266 g/mol. The second-order valence-electron chi connectivity index (χ2n) is 5.52. The highest BCUT2D eigenvalue weighted by Gasteiger charge is 2.22. The summed E-state index contributed by atoms with van der Waals surface area (Å²) in [5, 5.41) is 2.87. The van der Waals surface area contributed by atoms with Crippen molar-refractivity contribution in [2.45, 2.75) is 38.6 Å². The number of amides is 2. The van der Waals surface area contributed by atoms with E-state index in [1.54, 1.807) is 24.3 Å². The van der Waals surface area contributed by atoms with Crippen LogP contribution in [0.1, 0.15) is 43.0 Å². The van der Waals surface area contributed by atoms with Gasteiger partial charge in [0.15, 0.2) is 0 Å². The Morgan fingerprint density at radius 1 is 1.29 bits per heavy atom. The van der Waals surface area contributed by atoms with Crippen LogP contribution in [0.4, 0.5) is 5.69 Å². The predicted molar refractivity (Wildman–Crippen MR) is 83.1 cm³/mol. The van der Waals surface area contributed by atoms with Crippen LogP contribution in [0.2, 0.25) is 0 Å². The molecule has 0 radical (unpaired) electrons. The number of hydrogen-bond donors (Lipinski definition) is 2. The maximum atomic E-state index is 12.1. The van der Waals surface area contributed by atoms with Crippen LogP contribution >= 0.6 is 0 Å². The minimum Gasteiger partial charge on any atom is -0.366 e. The van der Waals surface area contributed by atoms with Crippen LogP contribution in [0.3, 0.4) is 0 Å². The molecule has 1 saturated heterocycles. The van der Waals surface area contributed by atoms with Crippen molar-refractivity contribution in [1.29, 1.82) is 0 Å². The van der Waals surface area contributed by atoms with Crippen molar-refractivity contribution in [1.82, 2.24) is 4.90 Å². The average molecular weight is 289 g/mol. The molecule has 0 aliphatic carbocycles. The van der Waals surface area contributed by atoms with Crippen LogP contribution in [0, 0.1) is 0 Å². The van der Waals surface area contributed by atoms with E-state index in [0.29, 0.717) is 23.8 Å². The molecule has 1 aromatic rings. The van der Waals surface area contributed by atoms with Crippen LogP contribution in [-0.2, 0) is 4.79 Å². The Balaban J connectivity index is 1.90. The Bertz CT molecular complexity index is 499. The minimum absolute atomic E-state index is 0.0119. The summed E-state index contributed by atoms with van der Waals surface area (Å²) in [6.45, 7) is 3.59. The summed E-state index contributed by atoms with van der Waals surface area (Å²) in [5.41, 5.74) is 6.32. The largest absolute Gasteiger partial charge is 0.366 e. The smallest absolute Gasteiger partial charge is 0.248 e. The lowest BCUT2D eigenvalue weighted by atomic mass is 10.00. The summed E-state index contributed by atoms with van der Waals surface area (Å²) in [7, 11) is 0. The molecule has 3 N–H and O–H groups in total. The number of carbonyl (C=O) groups is 2. The van der Waals surface area contributed by atoms with Gasteiger partial charge in [0.2, 0.25) is 11.8 Å². The Hall–Kier alpha value is -1.88. The van der Waals surface area contributed by atoms with Gasteiger partial charge in [0.25, 0.3) is 0 Å². The first-order valence-electron chi connectivity index (χ1n) is 7.54. The third kappa shape index (κ3) is 4.29. The molecule has 1 aliphatic rings. The Kier molecular flexibility index (Phi) is 5.33. The highest BCUT2D eigenvalue weighted by atomic mass is 16.2. The normalized spacial score (nSPS) is 19.2. The molecule has 0 spiro atoms. The highest BCUT2D eigenvalue weighted by molar-refractivity contribution is 5.95. The number of nitrogens with zero attached hydrogens (tertiary/aromatic N) is 1. The molecule has 0 unspecified atom stereocenters. The number of hydrogen-bond acceptors (Lipinski definition) is 3. The van der Waals surface area contributed by atoms with Crippen LogP contribution < -0.4 is 11.1 Å². The van der Waals surface area contributed by atoms with Gasteiger partial charge in [0, 0.05) is 17.3 Å². The Morgan fingerprint density at radius 3 is 2.62 bits per heavy atom. The number of primary amides is 1. The first-order chi connectivity index (χ1) is 10.1. The number of rotatable bonds is 5. The third-order valence-corrected chi connectivity index (χ3v) is 4.02. The van der Waals surface area contributed by atoms with E-state index in [9.17, 15) is 9.59 Å². The lowest BCUT2D eigenvalue weighted by Gasteiger charge is -2.34. The monoisotopic (exact) mass is 289 g/mol. The maximum absolute atomic E-state index is 12.1. The van der Waals surface area contributed by atoms with Gasteiger partial charge in [-0.25, -0.2) is 0 Å². The lowest BCUT2D eigenvalue weighted by molar-refractivity contribution is -0.118. The van der Waals surface area contributed by atoms with Gasteiger partial charge in [0.1, 0.15) is 0 Å². The van der Waals surface area contributed by atoms with Gasteiger partial charge in [-0.1, -0.05) is 13.3 Å². The van der Waals surface area contributed by atoms with Gasteiger partial charge >= 0.3 is 0 Å². The van der Waals surface area contributed by atoms with Crippen molar-refractivity contribution in [2.24, 2.45) is 5.73 Å². The average Bonchev–Trinajstić information content (AvgIpc) is 2.48. The molecule has 1 aliphatic heterocycles. The maximum Gasteiger partial charge on any atom is 0.248 e. The molecule has 1 heterocycles. The van der Waals surface area contributed by atoms with E-state index in [0.717, 1.165) is 19.4 Å². The number of piperidine rings is 1. The minimum atomic E-state index is -0.466. The number of carbonyl (C=O) groups excluding carboxylic acids is 2. The van der Waals surface area contributed by atoms with Crippen LogP contribution in [0.25, 0.3) is 0 Å². The molecule has 0 aromatic heterocycles. The Morgan fingerprint density at radius 2 is 2.00 bits per heavy atom. The van der Waals surface area contributed by atoms with E-state index in [1.807, 2.05) is 0 Å². The van der Waals surface area contributed by atoms with Crippen molar-refractivity contribution in [2.75, 3.05) is 18.4 Å². The molecule has 2 rings (SSSR count). The number of benzene rings is 1. The molecule has 21 heavy (non-hydrogen) atoms. The first-order valence-corrected chi connectivity index (χ1v) is 7.54. The van der Waals surface area contributed by atoms with E-state index in [2.05, 4.69) is 17.1 Å². The fraction of sp³-hybridized carbons (Fsp3) is 0.500. The predicted octanol–water partition coefficient (Wildman–Crippen LogP) is 1.99. The van der Waals surface area contributed by atoms with E-state index in [1.165, 1.54) is 12.8 Å². The highest BCUT2D eigenvalue weighted by Crippen LogP contribution is 2.19. The summed E-state index contributed by atoms with van der Waals surface area (Å²) in [6.07, 6.45) is 4.68. The molecule has 0 bridgehead atoms. The molecule has 2 amide bonds. The van der Waals surface area contributed by atoms with E-state index in [4.69, 9.17) is 5.73 Å². The molecule has 1 aromatic carbocycles. The van der Waals surface area contributed by atoms with Gasteiger partial charge in [-0.2, -0.15) is 0 Å². The molecule has 5 heteroatoms. The van der Waals surface area contributed by atoms with Crippen LogP contribution in [-0.4, -0.2) is 35.8 Å². The van der Waals surface area contributed by atoms with E-state index >= 15 is 0 Å². The van der Waals surface area contributed by atoms with Gasteiger partial charge < -0.3 is 11.1 Å². The zero-order valence-corrected chi connectivity index (χ0v) is 12.5. The second-order valence-corrected chi connectivity index (χ2v) is 5.52. The standard InChI is InChI=1S/C16H23N3O2/c1-2-14-5-3-4-10-19(14)11-15(20)18-13-8-6-12(7-9-13)16(17)21/h6-9,14H,2-5,10-11H2,1H3,(H2,17,21)(H,18,20)/t14-/m0/s1. The van der Waals surface area contributed by atoms with Crippen molar-refractivity contribution >= 4 is 17.5 Å². The third-order valence-electron chi connectivity index (χ3n) is 4.02. The van der Waals surface area contributed by atoms with Gasteiger partial charge in [0.05, 0.1) is 6.54 Å². The number of nitrogens with one attached hydrogen (secondary N) is 1. The summed E-state index contributed by atoms with van der Waals surface area (Å²) in [6, 6.07) is 7.15. The molecule has 1 atom stereocenters. The quantitative estimate of drug-likeness (QED) is 0.870. The summed E-state index contributed by atoms with van der Waals surface area (Å²) < 4.78 is 0. The summed E-state index contributed by atoms with van der Waals surface area (Å²) in [4.78, 5) is 25.4. The summed E-state index contributed by atoms with van der Waals surface area (Å²) >= 11 is 0. The van der Waals surface area contributed by atoms with Gasteiger partial charge in [-0.15, -0.1) is 0 Å². The zero-order chi connectivity index (χ0) is 15.2. The fourth-order valence-corrected chi connectivity index (χ4v) is 2.83. The van der Waals surface area contributed by atoms with Gasteiger partial charge in [-0.05, 0) is 50.1 Å². The second kappa shape index (κ2) is 7.22. The molecule has 114 valence electrons. The summed E-state index contributed by atoms with van der Waals surface area (Å²) in [5.74, 6) is -0.478. The van der Waals surface area contributed by atoms with E-state index < -0.39 is 5.91 Å². The van der Waals surface area contributed by atoms with Crippen molar-refractivity contribution in [3.8, 4) is 0 Å². The number of nitrogens with two attached hydrogens (primary N) is 1. The van der Waals surface area contributed by atoms with Crippen molar-refractivity contribution < 1.29 is 9.59 Å². The lowest BCUT2D eigenvalue weighted by Crippen LogP contribution is -2.43. The van der Waals surface area contributed by atoms with Crippen molar-refractivity contribution in [3.63, 3.8) is 0 Å². The molecule has 0 saturated carbocycles. The molecular formula is C16H23N3O2. The van der Waals surface area contributed by atoms with Gasteiger partial charge in [-0.3, -0.25) is 14.5 Å². The number of anilines is 1. The Labute approximate surface area is 125 Å². The SMILES string of the molecule is CC[C@H]1CCCCN1CC(=O)Nc1ccc(C(N)=O)cc1. The van der Waals surface area contributed by atoms with Crippen LogP contribution in [0.5, 0.6) is 0 Å². The number of likely N-dealkylation sites (tertiary alicyclic amines) is 1. The van der Waals surface area contributed by atoms with Crippen molar-refractivity contribution in [3.05, 3.63) is 29.8 Å². The first kappa shape index (κ1) is 15.5. The van der Waals surface area contributed by atoms with E-state index in [-0.39, 0.29) is 5.91 Å². The molecule has 1 fully saturated rings. The topological polar surface area (TPSA) is 75.4 Å². The molecule has 5 nitrogen and oxygen atoms in total. The zero-order valence-electron chi connectivity index (χ0n) is 12.5.